The van der Waals surface area contributed by atoms with Gasteiger partial charge in [0.15, 0.2) is 0 Å². The highest BCUT2D eigenvalue weighted by atomic mass is 32.1. The van der Waals surface area contributed by atoms with Crippen molar-refractivity contribution in [3.63, 3.8) is 0 Å². The van der Waals surface area contributed by atoms with E-state index in [0.717, 1.165) is 47.2 Å². The van der Waals surface area contributed by atoms with Crippen LogP contribution in [0, 0.1) is 13.8 Å². The first-order chi connectivity index (χ1) is 14.2. The summed E-state index contributed by atoms with van der Waals surface area (Å²) in [5.74, 6) is 2.23. The number of anilines is 2. The van der Waals surface area contributed by atoms with E-state index >= 15 is 0 Å². The Hall–Kier alpha value is -2.91. The summed E-state index contributed by atoms with van der Waals surface area (Å²) in [6.45, 7) is 7.30. The third kappa shape index (κ3) is 3.58. The second kappa shape index (κ2) is 7.49. The maximum atomic E-state index is 4.89. The summed E-state index contributed by atoms with van der Waals surface area (Å²) in [5, 5.41) is 8.92. The van der Waals surface area contributed by atoms with Crippen LogP contribution in [0.3, 0.4) is 0 Å². The highest BCUT2D eigenvalue weighted by Gasteiger charge is 2.18. The predicted molar refractivity (Wildman–Crippen MR) is 114 cm³/mol. The van der Waals surface area contributed by atoms with E-state index in [1.807, 2.05) is 6.20 Å². The smallest absolute Gasteiger partial charge is 0.250 e. The third-order valence-electron chi connectivity index (χ3n) is 5.24. The van der Waals surface area contributed by atoms with Gasteiger partial charge in [-0.2, -0.15) is 5.10 Å². The van der Waals surface area contributed by atoms with E-state index in [1.165, 1.54) is 23.3 Å². The number of rotatable bonds is 5. The van der Waals surface area contributed by atoms with E-state index < -0.39 is 0 Å². The lowest BCUT2D eigenvalue weighted by Crippen LogP contribution is -2.20. The van der Waals surface area contributed by atoms with Crippen molar-refractivity contribution in [2.75, 3.05) is 18.4 Å². The van der Waals surface area contributed by atoms with Gasteiger partial charge in [-0.15, -0.1) is 11.3 Å². The van der Waals surface area contributed by atoms with Crippen molar-refractivity contribution < 1.29 is 0 Å². The first-order valence-corrected chi connectivity index (χ1v) is 10.6. The van der Waals surface area contributed by atoms with Gasteiger partial charge in [0.05, 0.1) is 30.0 Å². The molecule has 0 aliphatic carbocycles. The fraction of sp³-hybridized carbons (Fsp3) is 0.350. The lowest BCUT2D eigenvalue weighted by molar-refractivity contribution is 0.323. The van der Waals surface area contributed by atoms with Crippen LogP contribution in [0.1, 0.15) is 29.1 Å². The van der Waals surface area contributed by atoms with E-state index in [0.29, 0.717) is 5.95 Å². The molecule has 0 radical (unpaired) electrons. The normalized spacial score (nSPS) is 14.7. The predicted octanol–water partition coefficient (Wildman–Crippen LogP) is 3.62. The molecule has 5 rings (SSSR count). The number of nitrogens with one attached hydrogen (secondary N) is 1. The third-order valence-corrected chi connectivity index (χ3v) is 6.34. The van der Waals surface area contributed by atoms with Crippen LogP contribution in [0.15, 0.2) is 30.9 Å². The minimum Gasteiger partial charge on any atom is -0.337 e. The van der Waals surface area contributed by atoms with Crippen LogP contribution in [0.25, 0.3) is 16.2 Å². The Morgan fingerprint density at radius 3 is 2.69 bits per heavy atom. The lowest BCUT2D eigenvalue weighted by Gasteiger charge is -2.14. The number of likely N-dealkylation sites (tertiary alicyclic amines) is 1. The molecule has 8 nitrogen and oxygen atoms in total. The maximum Gasteiger partial charge on any atom is 0.250 e. The molecule has 9 heteroatoms. The molecule has 0 bridgehead atoms. The lowest BCUT2D eigenvalue weighted by atomic mass is 10.2. The van der Waals surface area contributed by atoms with Gasteiger partial charge in [0, 0.05) is 17.3 Å². The number of aromatic nitrogens is 6. The molecule has 4 aromatic heterocycles. The number of nitrogens with zero attached hydrogens (tertiary/aromatic N) is 7. The molecule has 1 fully saturated rings. The summed E-state index contributed by atoms with van der Waals surface area (Å²) < 4.78 is 1.65. The monoisotopic (exact) mass is 406 g/mol. The average Bonchev–Trinajstić information content (AvgIpc) is 3.45. The van der Waals surface area contributed by atoms with E-state index in [1.54, 1.807) is 40.7 Å². The van der Waals surface area contributed by atoms with Gasteiger partial charge in [-0.3, -0.25) is 4.90 Å². The Morgan fingerprint density at radius 2 is 1.90 bits per heavy atom. The van der Waals surface area contributed by atoms with Gasteiger partial charge < -0.3 is 5.32 Å². The molecule has 0 saturated carbocycles. The van der Waals surface area contributed by atoms with E-state index in [4.69, 9.17) is 9.97 Å². The molecule has 4 aromatic rings. The minimum absolute atomic E-state index is 0.533. The van der Waals surface area contributed by atoms with Crippen molar-refractivity contribution in [3.05, 3.63) is 47.1 Å². The van der Waals surface area contributed by atoms with Gasteiger partial charge in [0.2, 0.25) is 5.95 Å². The highest BCUT2D eigenvalue weighted by molar-refractivity contribution is 7.18. The van der Waals surface area contributed by atoms with Crippen LogP contribution >= 0.6 is 11.3 Å². The molecule has 148 valence electrons. The summed E-state index contributed by atoms with van der Waals surface area (Å²) in [7, 11) is 0. The average molecular weight is 407 g/mol. The molecular weight excluding hydrogens is 384 g/mol. The number of hydrogen-bond acceptors (Lipinski definition) is 8. The number of aryl methyl sites for hydroxylation is 2. The van der Waals surface area contributed by atoms with E-state index in [2.05, 4.69) is 39.1 Å². The van der Waals surface area contributed by atoms with Crippen molar-refractivity contribution in [3.8, 4) is 5.95 Å². The van der Waals surface area contributed by atoms with Crippen molar-refractivity contribution in [1.82, 2.24) is 34.6 Å². The summed E-state index contributed by atoms with van der Waals surface area (Å²) in [6, 6.07) is 1.79. The van der Waals surface area contributed by atoms with Crippen LogP contribution in [0.4, 0.5) is 11.5 Å². The topological polar surface area (TPSA) is 84.7 Å². The van der Waals surface area contributed by atoms with Crippen LogP contribution in [-0.4, -0.2) is 47.7 Å². The summed E-state index contributed by atoms with van der Waals surface area (Å²) in [4.78, 5) is 23.0. The van der Waals surface area contributed by atoms with Gasteiger partial charge in [-0.1, -0.05) is 0 Å². The zero-order valence-electron chi connectivity index (χ0n) is 16.5. The van der Waals surface area contributed by atoms with Gasteiger partial charge in [0.25, 0.3) is 0 Å². The van der Waals surface area contributed by atoms with Crippen molar-refractivity contribution in [1.29, 1.82) is 0 Å². The zero-order chi connectivity index (χ0) is 19.8. The second-order valence-electron chi connectivity index (χ2n) is 7.28. The SMILES string of the molecule is Cc1sc2nc(CN3CCCC3)nc(Nc3cnn(-c4ncccn4)c3)c2c1C. The van der Waals surface area contributed by atoms with Crippen LogP contribution < -0.4 is 5.32 Å². The highest BCUT2D eigenvalue weighted by Crippen LogP contribution is 2.34. The molecule has 29 heavy (non-hydrogen) atoms. The minimum atomic E-state index is 0.533. The standard InChI is InChI=1S/C20H22N8S/c1-13-14(2)29-19-17(13)18(25-16(26-19)12-27-8-3-4-9-27)24-15-10-23-28(11-15)20-21-6-5-7-22-20/h5-7,10-11H,3-4,8-9,12H2,1-2H3,(H,24,25,26). The Balaban J connectivity index is 1.50. The number of thiophene rings is 1. The Kier molecular flexibility index (Phi) is 4.69. The molecule has 0 aromatic carbocycles. The van der Waals surface area contributed by atoms with Crippen molar-refractivity contribution in [2.24, 2.45) is 0 Å². The molecule has 0 amide bonds. The van der Waals surface area contributed by atoms with Crippen LogP contribution in [0.5, 0.6) is 0 Å². The maximum absolute atomic E-state index is 4.89. The van der Waals surface area contributed by atoms with E-state index in [-0.39, 0.29) is 0 Å². The quantitative estimate of drug-likeness (QED) is 0.542. The van der Waals surface area contributed by atoms with Crippen LogP contribution in [0.2, 0.25) is 0 Å². The van der Waals surface area contributed by atoms with Gasteiger partial charge in [0.1, 0.15) is 16.5 Å². The molecular formula is C20H22N8S. The summed E-state index contributed by atoms with van der Waals surface area (Å²) in [5.41, 5.74) is 2.06. The molecule has 1 saturated heterocycles. The van der Waals surface area contributed by atoms with Gasteiger partial charge in [-0.25, -0.2) is 24.6 Å². The Labute approximate surface area is 172 Å². The molecule has 0 unspecified atom stereocenters. The second-order valence-corrected chi connectivity index (χ2v) is 8.49. The fourth-order valence-electron chi connectivity index (χ4n) is 3.64. The van der Waals surface area contributed by atoms with Crippen molar-refractivity contribution in [2.45, 2.75) is 33.2 Å². The summed E-state index contributed by atoms with van der Waals surface area (Å²) >= 11 is 1.73. The number of fused-ring (bicyclic) bond motifs is 1. The zero-order valence-corrected chi connectivity index (χ0v) is 17.3. The largest absolute Gasteiger partial charge is 0.337 e. The molecule has 5 heterocycles. The van der Waals surface area contributed by atoms with Gasteiger partial charge in [-0.05, 0) is 51.4 Å². The molecule has 0 spiro atoms. The summed E-state index contributed by atoms with van der Waals surface area (Å²) in [6.07, 6.45) is 9.55. The van der Waals surface area contributed by atoms with E-state index in [9.17, 15) is 0 Å². The first kappa shape index (κ1) is 18.1. The molecule has 1 N–H and O–H groups in total. The first-order valence-electron chi connectivity index (χ1n) is 9.75. The van der Waals surface area contributed by atoms with Crippen LogP contribution in [-0.2, 0) is 6.54 Å². The molecule has 1 aliphatic heterocycles. The van der Waals surface area contributed by atoms with Crippen molar-refractivity contribution >= 4 is 33.1 Å². The Bertz CT molecular complexity index is 1140. The Morgan fingerprint density at radius 1 is 1.10 bits per heavy atom. The van der Waals surface area contributed by atoms with Gasteiger partial charge >= 0.3 is 0 Å². The number of hydrogen-bond donors (Lipinski definition) is 1. The fourth-order valence-corrected chi connectivity index (χ4v) is 4.69. The molecule has 1 aliphatic rings. The molecule has 0 atom stereocenters.